The van der Waals surface area contributed by atoms with Gasteiger partial charge >= 0.3 is 0 Å². The summed E-state index contributed by atoms with van der Waals surface area (Å²) in [6.45, 7) is 0. The van der Waals surface area contributed by atoms with Crippen LogP contribution in [0, 0.1) is 0 Å². The van der Waals surface area contributed by atoms with Crippen LogP contribution in [0.5, 0.6) is 5.75 Å². The van der Waals surface area contributed by atoms with Gasteiger partial charge in [-0.25, -0.2) is 4.98 Å². The van der Waals surface area contributed by atoms with E-state index in [1.54, 1.807) is 18.2 Å². The van der Waals surface area contributed by atoms with Gasteiger partial charge in [0.1, 0.15) is 12.0 Å². The van der Waals surface area contributed by atoms with Crippen molar-refractivity contribution in [1.82, 2.24) is 4.98 Å². The first kappa shape index (κ1) is 18.6. The van der Waals surface area contributed by atoms with E-state index >= 15 is 0 Å². The molecule has 1 heterocycles. The standard InChI is InChI=1S/C22H21ClN2O3/c23-19-12-16(10-11-20(19)28-18-8-4-5-9-18)24-21(26)13-17-14-27-22(25-17)15-6-2-1-3-7-15/h1-3,6-7,10-12,14,18H,4-5,8-9,13H2,(H,24,26). The Balaban J connectivity index is 1.36. The highest BCUT2D eigenvalue weighted by molar-refractivity contribution is 6.32. The van der Waals surface area contributed by atoms with Crippen molar-refractivity contribution in [3.63, 3.8) is 0 Å². The second-order valence-electron chi connectivity index (χ2n) is 6.90. The van der Waals surface area contributed by atoms with E-state index in [1.807, 2.05) is 30.3 Å². The third kappa shape index (κ3) is 4.54. The van der Waals surface area contributed by atoms with Crippen LogP contribution < -0.4 is 10.1 Å². The monoisotopic (exact) mass is 396 g/mol. The summed E-state index contributed by atoms with van der Waals surface area (Å²) in [4.78, 5) is 16.7. The van der Waals surface area contributed by atoms with Crippen molar-refractivity contribution in [2.75, 3.05) is 5.32 Å². The van der Waals surface area contributed by atoms with E-state index < -0.39 is 0 Å². The smallest absolute Gasteiger partial charge is 0.230 e. The minimum Gasteiger partial charge on any atom is -0.489 e. The lowest BCUT2D eigenvalue weighted by molar-refractivity contribution is -0.115. The second-order valence-corrected chi connectivity index (χ2v) is 7.31. The summed E-state index contributed by atoms with van der Waals surface area (Å²) in [5, 5.41) is 3.34. The molecule has 0 aliphatic heterocycles. The van der Waals surface area contributed by atoms with Gasteiger partial charge in [-0.3, -0.25) is 4.79 Å². The molecular weight excluding hydrogens is 376 g/mol. The van der Waals surface area contributed by atoms with Crippen LogP contribution in [-0.2, 0) is 11.2 Å². The zero-order chi connectivity index (χ0) is 19.3. The van der Waals surface area contributed by atoms with Gasteiger partial charge in [0.25, 0.3) is 0 Å². The fraction of sp³-hybridized carbons (Fsp3) is 0.273. The van der Waals surface area contributed by atoms with Crippen molar-refractivity contribution in [2.45, 2.75) is 38.2 Å². The quantitative estimate of drug-likeness (QED) is 0.597. The van der Waals surface area contributed by atoms with Gasteiger partial charge < -0.3 is 14.5 Å². The Hall–Kier alpha value is -2.79. The van der Waals surface area contributed by atoms with Crippen LogP contribution in [0.1, 0.15) is 31.4 Å². The van der Waals surface area contributed by atoms with Crippen molar-refractivity contribution >= 4 is 23.2 Å². The molecule has 144 valence electrons. The molecule has 1 aliphatic rings. The number of benzene rings is 2. The van der Waals surface area contributed by atoms with E-state index in [9.17, 15) is 4.79 Å². The summed E-state index contributed by atoms with van der Waals surface area (Å²) in [5.74, 6) is 0.976. The maximum Gasteiger partial charge on any atom is 0.230 e. The number of halogens is 1. The molecule has 3 aromatic rings. The first-order valence-corrected chi connectivity index (χ1v) is 9.81. The van der Waals surface area contributed by atoms with Crippen LogP contribution in [-0.4, -0.2) is 17.0 Å². The topological polar surface area (TPSA) is 64.4 Å². The number of hydrogen-bond donors (Lipinski definition) is 1. The summed E-state index contributed by atoms with van der Waals surface area (Å²) in [6.07, 6.45) is 6.40. The largest absolute Gasteiger partial charge is 0.489 e. The highest BCUT2D eigenvalue weighted by Gasteiger charge is 2.18. The summed E-state index contributed by atoms with van der Waals surface area (Å²) >= 11 is 6.32. The number of aromatic nitrogens is 1. The third-order valence-corrected chi connectivity index (χ3v) is 5.02. The molecule has 0 radical (unpaired) electrons. The number of oxazole rings is 1. The lowest BCUT2D eigenvalue weighted by Crippen LogP contribution is -2.15. The Morgan fingerprint density at radius 2 is 1.96 bits per heavy atom. The summed E-state index contributed by atoms with van der Waals surface area (Å²) < 4.78 is 11.4. The molecule has 1 amide bonds. The van der Waals surface area contributed by atoms with Crippen LogP contribution in [0.25, 0.3) is 11.5 Å². The zero-order valence-corrected chi connectivity index (χ0v) is 16.1. The zero-order valence-electron chi connectivity index (χ0n) is 15.4. The lowest BCUT2D eigenvalue weighted by atomic mass is 10.2. The molecule has 1 N–H and O–H groups in total. The minimum absolute atomic E-state index is 0.119. The molecule has 4 rings (SSSR count). The van der Waals surface area contributed by atoms with Gasteiger partial charge in [-0.05, 0) is 56.0 Å². The normalized spacial score (nSPS) is 14.2. The molecule has 1 fully saturated rings. The molecule has 0 unspecified atom stereocenters. The predicted octanol–water partition coefficient (Wildman–Crippen LogP) is 5.50. The third-order valence-electron chi connectivity index (χ3n) is 4.73. The maximum atomic E-state index is 12.3. The van der Waals surface area contributed by atoms with E-state index in [2.05, 4.69) is 10.3 Å². The van der Waals surface area contributed by atoms with Crippen molar-refractivity contribution in [2.24, 2.45) is 0 Å². The number of nitrogens with one attached hydrogen (secondary N) is 1. The van der Waals surface area contributed by atoms with Crippen LogP contribution in [0.3, 0.4) is 0 Å². The maximum absolute atomic E-state index is 12.3. The Morgan fingerprint density at radius 1 is 1.18 bits per heavy atom. The summed E-state index contributed by atoms with van der Waals surface area (Å²) in [5.41, 5.74) is 2.07. The molecule has 0 saturated heterocycles. The molecule has 0 bridgehead atoms. The molecule has 1 aliphatic carbocycles. The predicted molar refractivity (Wildman–Crippen MR) is 109 cm³/mol. The molecule has 28 heavy (non-hydrogen) atoms. The van der Waals surface area contributed by atoms with E-state index in [4.69, 9.17) is 20.8 Å². The van der Waals surface area contributed by atoms with E-state index in [0.29, 0.717) is 28.0 Å². The molecular formula is C22H21ClN2O3. The van der Waals surface area contributed by atoms with Crippen molar-refractivity contribution in [1.29, 1.82) is 0 Å². The van der Waals surface area contributed by atoms with Gasteiger partial charge in [-0.2, -0.15) is 0 Å². The van der Waals surface area contributed by atoms with Gasteiger partial charge in [-0.1, -0.05) is 29.8 Å². The Labute approximate surface area is 168 Å². The number of carbonyl (C=O) groups excluding carboxylic acids is 1. The number of nitrogens with zero attached hydrogens (tertiary/aromatic N) is 1. The molecule has 5 nitrogen and oxygen atoms in total. The Kier molecular flexibility index (Phi) is 5.63. The highest BCUT2D eigenvalue weighted by Crippen LogP contribution is 2.31. The van der Waals surface area contributed by atoms with Gasteiger partial charge in [0.2, 0.25) is 11.8 Å². The number of anilines is 1. The Morgan fingerprint density at radius 3 is 2.71 bits per heavy atom. The first-order valence-electron chi connectivity index (χ1n) is 9.43. The number of amides is 1. The number of ether oxygens (including phenoxy) is 1. The number of carbonyl (C=O) groups is 1. The van der Waals surface area contributed by atoms with Gasteiger partial charge in [0, 0.05) is 11.3 Å². The van der Waals surface area contributed by atoms with Crippen LogP contribution in [0.4, 0.5) is 5.69 Å². The Bertz CT molecular complexity index is 949. The lowest BCUT2D eigenvalue weighted by Gasteiger charge is -2.15. The van der Waals surface area contributed by atoms with E-state index in [-0.39, 0.29) is 18.4 Å². The van der Waals surface area contributed by atoms with Gasteiger partial charge in [0.15, 0.2) is 0 Å². The van der Waals surface area contributed by atoms with Crippen molar-refractivity contribution < 1.29 is 13.9 Å². The summed E-state index contributed by atoms with van der Waals surface area (Å²) in [6, 6.07) is 14.9. The van der Waals surface area contributed by atoms with Crippen LogP contribution >= 0.6 is 11.6 Å². The first-order chi connectivity index (χ1) is 13.7. The summed E-state index contributed by atoms with van der Waals surface area (Å²) in [7, 11) is 0. The van der Waals surface area contributed by atoms with Crippen molar-refractivity contribution in [3.05, 3.63) is 65.5 Å². The molecule has 6 heteroatoms. The molecule has 1 saturated carbocycles. The number of hydrogen-bond acceptors (Lipinski definition) is 4. The van der Waals surface area contributed by atoms with Gasteiger partial charge in [0.05, 0.1) is 23.2 Å². The number of rotatable bonds is 6. The molecule has 0 atom stereocenters. The molecule has 0 spiro atoms. The van der Waals surface area contributed by atoms with E-state index in [1.165, 1.54) is 19.1 Å². The average Bonchev–Trinajstić information content (AvgIpc) is 3.37. The average molecular weight is 397 g/mol. The fourth-order valence-corrected chi connectivity index (χ4v) is 3.56. The van der Waals surface area contributed by atoms with Gasteiger partial charge in [-0.15, -0.1) is 0 Å². The minimum atomic E-state index is -0.187. The van der Waals surface area contributed by atoms with Crippen LogP contribution in [0.2, 0.25) is 5.02 Å². The van der Waals surface area contributed by atoms with Crippen molar-refractivity contribution in [3.8, 4) is 17.2 Å². The molecule has 1 aromatic heterocycles. The SMILES string of the molecule is O=C(Cc1coc(-c2ccccc2)n1)Nc1ccc(OC2CCCC2)c(Cl)c1. The van der Waals surface area contributed by atoms with E-state index in [0.717, 1.165) is 18.4 Å². The van der Waals surface area contributed by atoms with Crippen LogP contribution in [0.15, 0.2) is 59.2 Å². The second kappa shape index (κ2) is 8.48. The highest BCUT2D eigenvalue weighted by atomic mass is 35.5. The molecule has 2 aromatic carbocycles. The fourth-order valence-electron chi connectivity index (χ4n) is 3.33.